The number of ether oxygens (including phenoxy) is 2. The number of rotatable bonds is 9. The summed E-state index contributed by atoms with van der Waals surface area (Å²) in [6.07, 6.45) is 3.32. The van der Waals surface area contributed by atoms with Gasteiger partial charge in [-0.3, -0.25) is 9.69 Å². The third-order valence-corrected chi connectivity index (χ3v) is 3.06. The Morgan fingerprint density at radius 1 is 1.29 bits per heavy atom. The number of benzene rings is 1. The molecule has 0 saturated carbocycles. The molecule has 0 amide bonds. The Balaban J connectivity index is 3.34. The summed E-state index contributed by atoms with van der Waals surface area (Å²) >= 11 is 0. The smallest absolute Gasteiger partial charge is 0.325 e. The molecular formula is C16H21NO4. The lowest BCUT2D eigenvalue weighted by molar-refractivity contribution is -0.143. The molecule has 5 heteroatoms. The highest BCUT2D eigenvalue weighted by Crippen LogP contribution is 2.33. The molecule has 0 fully saturated rings. The van der Waals surface area contributed by atoms with E-state index in [1.165, 1.54) is 14.2 Å². The van der Waals surface area contributed by atoms with Crippen LogP contribution in [-0.2, 0) is 4.79 Å². The van der Waals surface area contributed by atoms with E-state index in [0.29, 0.717) is 30.2 Å². The Hall–Kier alpha value is -2.27. The van der Waals surface area contributed by atoms with Gasteiger partial charge in [-0.05, 0) is 18.2 Å². The van der Waals surface area contributed by atoms with Crippen LogP contribution in [0.1, 0.15) is 11.6 Å². The van der Waals surface area contributed by atoms with Crippen LogP contribution in [0.15, 0.2) is 43.5 Å². The molecule has 1 N–H and O–H groups in total. The highest BCUT2D eigenvalue weighted by molar-refractivity contribution is 5.77. The fourth-order valence-electron chi connectivity index (χ4n) is 2.16. The first-order valence-electron chi connectivity index (χ1n) is 6.49. The van der Waals surface area contributed by atoms with Crippen LogP contribution in [0.4, 0.5) is 0 Å². The monoisotopic (exact) mass is 291 g/mol. The Morgan fingerprint density at radius 2 is 1.90 bits per heavy atom. The predicted octanol–water partition coefficient (Wildman–Crippen LogP) is 2.50. The second-order valence-corrected chi connectivity index (χ2v) is 4.38. The van der Waals surface area contributed by atoms with Crippen LogP contribution < -0.4 is 9.47 Å². The molecule has 0 aliphatic carbocycles. The topological polar surface area (TPSA) is 59.0 Å². The fraction of sp³-hybridized carbons (Fsp3) is 0.312. The molecular weight excluding hydrogens is 270 g/mol. The Labute approximate surface area is 125 Å². The van der Waals surface area contributed by atoms with E-state index in [0.717, 1.165) is 0 Å². The van der Waals surface area contributed by atoms with Crippen molar-refractivity contribution < 1.29 is 19.4 Å². The number of carboxylic acids is 1. The van der Waals surface area contributed by atoms with Gasteiger partial charge in [0, 0.05) is 18.7 Å². The van der Waals surface area contributed by atoms with Crippen molar-refractivity contribution in [3.8, 4) is 11.5 Å². The van der Waals surface area contributed by atoms with Gasteiger partial charge < -0.3 is 14.6 Å². The minimum atomic E-state index is -0.967. The molecule has 114 valence electrons. The summed E-state index contributed by atoms with van der Waals surface area (Å²) < 4.78 is 10.5. The van der Waals surface area contributed by atoms with E-state index in [2.05, 4.69) is 13.2 Å². The van der Waals surface area contributed by atoms with Crippen molar-refractivity contribution in [3.63, 3.8) is 0 Å². The maximum Gasteiger partial charge on any atom is 0.325 e. The zero-order valence-electron chi connectivity index (χ0n) is 12.4. The summed E-state index contributed by atoms with van der Waals surface area (Å²) in [6, 6.07) is 4.24. The first kappa shape index (κ1) is 16.8. The molecule has 1 aromatic rings. The van der Waals surface area contributed by atoms with E-state index in [1.807, 2.05) is 0 Å². The van der Waals surface area contributed by atoms with E-state index in [9.17, 15) is 9.90 Å². The van der Waals surface area contributed by atoms with E-state index in [1.54, 1.807) is 35.3 Å². The highest BCUT2D eigenvalue weighted by atomic mass is 16.5. The van der Waals surface area contributed by atoms with Crippen molar-refractivity contribution in [2.24, 2.45) is 0 Å². The molecule has 0 aliphatic rings. The first-order valence-corrected chi connectivity index (χ1v) is 6.49. The molecule has 0 radical (unpaired) electrons. The van der Waals surface area contributed by atoms with Gasteiger partial charge >= 0.3 is 5.97 Å². The minimum absolute atomic E-state index is 0.420. The molecule has 0 heterocycles. The number of nitrogens with zero attached hydrogens (tertiary/aromatic N) is 1. The molecule has 5 nitrogen and oxygen atoms in total. The molecule has 1 unspecified atom stereocenters. The van der Waals surface area contributed by atoms with Gasteiger partial charge in [0.25, 0.3) is 0 Å². The van der Waals surface area contributed by atoms with Gasteiger partial charge in [0.15, 0.2) is 0 Å². The lowest BCUT2D eigenvalue weighted by Gasteiger charge is -2.28. The molecule has 1 aromatic carbocycles. The summed E-state index contributed by atoms with van der Waals surface area (Å²) in [5.74, 6) is 0.112. The zero-order chi connectivity index (χ0) is 15.8. The largest absolute Gasteiger partial charge is 0.497 e. The summed E-state index contributed by atoms with van der Waals surface area (Å²) in [5, 5.41) is 9.63. The summed E-state index contributed by atoms with van der Waals surface area (Å²) in [6.45, 7) is 8.18. The normalized spacial score (nSPS) is 11.8. The molecule has 0 bridgehead atoms. The van der Waals surface area contributed by atoms with E-state index < -0.39 is 12.0 Å². The second-order valence-electron chi connectivity index (χ2n) is 4.38. The van der Waals surface area contributed by atoms with Crippen LogP contribution in [0.5, 0.6) is 11.5 Å². The standard InChI is InChI=1S/C16H21NO4/c1-5-9-17(10-6-2)15(16(18)19)13-11-12(20-3)7-8-14(13)21-4/h5-8,11,15H,1-2,9-10H2,3-4H3,(H,18,19). The molecule has 1 rings (SSSR count). The summed E-state index contributed by atoms with van der Waals surface area (Å²) in [4.78, 5) is 13.5. The van der Waals surface area contributed by atoms with Crippen molar-refractivity contribution >= 4 is 5.97 Å². The Kier molecular flexibility index (Phi) is 6.49. The van der Waals surface area contributed by atoms with E-state index in [4.69, 9.17) is 9.47 Å². The van der Waals surface area contributed by atoms with Crippen LogP contribution in [0.2, 0.25) is 0 Å². The van der Waals surface area contributed by atoms with E-state index in [-0.39, 0.29) is 0 Å². The van der Waals surface area contributed by atoms with Crippen LogP contribution in [0.25, 0.3) is 0 Å². The number of methoxy groups -OCH3 is 2. The van der Waals surface area contributed by atoms with Gasteiger partial charge in [0.05, 0.1) is 14.2 Å². The number of aliphatic carboxylic acids is 1. The van der Waals surface area contributed by atoms with Gasteiger partial charge in [0.2, 0.25) is 0 Å². The minimum Gasteiger partial charge on any atom is -0.497 e. The highest BCUT2D eigenvalue weighted by Gasteiger charge is 2.29. The van der Waals surface area contributed by atoms with Crippen molar-refractivity contribution in [1.29, 1.82) is 0 Å². The van der Waals surface area contributed by atoms with Gasteiger partial charge in [0.1, 0.15) is 17.5 Å². The number of carbonyl (C=O) groups is 1. The average molecular weight is 291 g/mol. The lowest BCUT2D eigenvalue weighted by atomic mass is 10.0. The third kappa shape index (κ3) is 4.10. The molecule has 0 aliphatic heterocycles. The van der Waals surface area contributed by atoms with Crippen LogP contribution in [-0.4, -0.2) is 43.3 Å². The Bertz CT molecular complexity index is 503. The Morgan fingerprint density at radius 3 is 2.33 bits per heavy atom. The second kappa shape index (κ2) is 8.11. The molecule has 1 atom stereocenters. The molecule has 0 saturated heterocycles. The van der Waals surface area contributed by atoms with Crippen molar-refractivity contribution in [2.75, 3.05) is 27.3 Å². The fourth-order valence-corrected chi connectivity index (χ4v) is 2.16. The summed E-state index contributed by atoms with van der Waals surface area (Å²) in [7, 11) is 3.04. The predicted molar refractivity (Wildman–Crippen MR) is 81.9 cm³/mol. The first-order chi connectivity index (χ1) is 10.1. The van der Waals surface area contributed by atoms with E-state index >= 15 is 0 Å². The van der Waals surface area contributed by atoms with Crippen molar-refractivity contribution in [1.82, 2.24) is 4.90 Å². The van der Waals surface area contributed by atoms with Crippen molar-refractivity contribution in [3.05, 3.63) is 49.1 Å². The van der Waals surface area contributed by atoms with Gasteiger partial charge in [-0.15, -0.1) is 13.2 Å². The SMILES string of the molecule is C=CCN(CC=C)C(C(=O)O)c1cc(OC)ccc1OC. The van der Waals surface area contributed by atoms with Gasteiger partial charge in [-0.2, -0.15) is 0 Å². The molecule has 0 aromatic heterocycles. The summed E-state index contributed by atoms with van der Waals surface area (Å²) in [5.41, 5.74) is 0.535. The third-order valence-electron chi connectivity index (χ3n) is 3.06. The number of hydrogen-bond acceptors (Lipinski definition) is 4. The van der Waals surface area contributed by atoms with Crippen LogP contribution in [0.3, 0.4) is 0 Å². The van der Waals surface area contributed by atoms with Gasteiger partial charge in [-0.1, -0.05) is 12.2 Å². The van der Waals surface area contributed by atoms with Gasteiger partial charge in [-0.25, -0.2) is 0 Å². The maximum absolute atomic E-state index is 11.8. The lowest BCUT2D eigenvalue weighted by Crippen LogP contribution is -2.34. The number of carboxylic acid groups (broad SMARTS) is 1. The van der Waals surface area contributed by atoms with Crippen LogP contribution >= 0.6 is 0 Å². The number of hydrogen-bond donors (Lipinski definition) is 1. The molecule has 21 heavy (non-hydrogen) atoms. The van der Waals surface area contributed by atoms with Crippen molar-refractivity contribution in [2.45, 2.75) is 6.04 Å². The molecule has 0 spiro atoms. The average Bonchev–Trinajstić information content (AvgIpc) is 2.47. The van der Waals surface area contributed by atoms with Crippen LogP contribution in [0, 0.1) is 0 Å². The maximum atomic E-state index is 11.8. The zero-order valence-corrected chi connectivity index (χ0v) is 12.4. The quantitative estimate of drug-likeness (QED) is 0.708.